The second-order valence-electron chi connectivity index (χ2n) is 6.50. The molecule has 0 bridgehead atoms. The topological polar surface area (TPSA) is 58.5 Å². The van der Waals surface area contributed by atoms with E-state index in [-0.39, 0.29) is 17.8 Å². The van der Waals surface area contributed by atoms with Gasteiger partial charge in [-0.15, -0.1) is 0 Å². The third-order valence-corrected chi connectivity index (χ3v) is 5.06. The number of nitrogens with zero attached hydrogens (tertiary/aromatic N) is 3. The lowest BCUT2D eigenvalue weighted by Gasteiger charge is -2.43. The zero-order valence-corrected chi connectivity index (χ0v) is 13.3. The van der Waals surface area contributed by atoms with Gasteiger partial charge in [-0.1, -0.05) is 6.92 Å². The van der Waals surface area contributed by atoms with E-state index in [9.17, 15) is 9.50 Å². The van der Waals surface area contributed by atoms with Crippen molar-refractivity contribution in [1.29, 1.82) is 0 Å². The summed E-state index contributed by atoms with van der Waals surface area (Å²) in [4.78, 5) is 10.2. The molecule has 1 N–H and O–H groups in total. The standard InChI is InChI=1S/C16H24FN3O2/c1-3-12-14(17)15(19-10-18-12)20-7-4-5-13(20)11-9-22-8-6-16(11,2)21/h10-11,13,21H,3-9H2,1-2H3/t11-,13+,16+/m0/s1. The first kappa shape index (κ1) is 15.6. The Balaban J connectivity index is 1.90. The minimum atomic E-state index is -0.775. The van der Waals surface area contributed by atoms with Crippen LogP contribution in [0.5, 0.6) is 0 Å². The van der Waals surface area contributed by atoms with E-state index in [2.05, 4.69) is 9.97 Å². The van der Waals surface area contributed by atoms with Gasteiger partial charge in [0.15, 0.2) is 11.6 Å². The largest absolute Gasteiger partial charge is 0.390 e. The van der Waals surface area contributed by atoms with Gasteiger partial charge in [0.05, 0.1) is 17.9 Å². The van der Waals surface area contributed by atoms with Crippen LogP contribution in [0.3, 0.4) is 0 Å². The van der Waals surface area contributed by atoms with Crippen molar-refractivity contribution in [1.82, 2.24) is 9.97 Å². The van der Waals surface area contributed by atoms with Crippen molar-refractivity contribution in [2.45, 2.75) is 51.2 Å². The SMILES string of the molecule is CCc1ncnc(N2CCC[C@@H]2[C@@H]2COCC[C@@]2(C)O)c1F. The molecule has 2 aliphatic heterocycles. The van der Waals surface area contributed by atoms with Crippen molar-refractivity contribution in [2.24, 2.45) is 5.92 Å². The fourth-order valence-corrected chi connectivity index (χ4v) is 3.70. The Bertz CT molecular complexity index is 538. The highest BCUT2D eigenvalue weighted by atomic mass is 19.1. The summed E-state index contributed by atoms with van der Waals surface area (Å²) in [6, 6.07) is 0.0596. The summed E-state index contributed by atoms with van der Waals surface area (Å²) in [5.41, 5.74) is -0.329. The Morgan fingerprint density at radius 1 is 1.50 bits per heavy atom. The summed E-state index contributed by atoms with van der Waals surface area (Å²) in [7, 11) is 0. The van der Waals surface area contributed by atoms with Crippen LogP contribution >= 0.6 is 0 Å². The molecule has 6 heteroatoms. The first-order chi connectivity index (χ1) is 10.5. The first-order valence-electron chi connectivity index (χ1n) is 8.10. The molecule has 2 aliphatic rings. The number of aryl methyl sites for hydroxylation is 1. The Labute approximate surface area is 130 Å². The second-order valence-corrected chi connectivity index (χ2v) is 6.50. The molecule has 1 aromatic rings. The number of rotatable bonds is 3. The highest BCUT2D eigenvalue weighted by molar-refractivity contribution is 5.44. The van der Waals surface area contributed by atoms with Crippen LogP contribution in [0.4, 0.5) is 10.2 Å². The van der Waals surface area contributed by atoms with E-state index in [0.29, 0.717) is 37.6 Å². The molecule has 0 saturated carbocycles. The summed E-state index contributed by atoms with van der Waals surface area (Å²) in [6.45, 7) is 5.61. The minimum Gasteiger partial charge on any atom is -0.390 e. The van der Waals surface area contributed by atoms with Gasteiger partial charge in [0.2, 0.25) is 0 Å². The Kier molecular flexibility index (Phi) is 4.32. The lowest BCUT2D eigenvalue weighted by atomic mass is 9.79. The van der Waals surface area contributed by atoms with E-state index < -0.39 is 5.60 Å². The van der Waals surface area contributed by atoms with Crippen LogP contribution in [-0.2, 0) is 11.2 Å². The van der Waals surface area contributed by atoms with Crippen LogP contribution in [-0.4, -0.2) is 46.5 Å². The van der Waals surface area contributed by atoms with Gasteiger partial charge in [-0.2, -0.15) is 0 Å². The maximum Gasteiger partial charge on any atom is 0.187 e. The molecule has 0 unspecified atom stereocenters. The van der Waals surface area contributed by atoms with Gasteiger partial charge in [0, 0.05) is 25.1 Å². The van der Waals surface area contributed by atoms with Crippen molar-refractivity contribution in [3.05, 3.63) is 17.8 Å². The summed E-state index contributed by atoms with van der Waals surface area (Å²) >= 11 is 0. The smallest absolute Gasteiger partial charge is 0.187 e. The first-order valence-corrected chi connectivity index (χ1v) is 8.10. The summed E-state index contributed by atoms with van der Waals surface area (Å²) in [6.07, 6.45) is 4.50. The molecule has 0 aromatic carbocycles. The second kappa shape index (κ2) is 6.08. The number of anilines is 1. The Morgan fingerprint density at radius 3 is 3.05 bits per heavy atom. The lowest BCUT2D eigenvalue weighted by Crippen LogP contribution is -2.53. The summed E-state index contributed by atoms with van der Waals surface area (Å²) in [5, 5.41) is 10.7. The normalized spacial score (nSPS) is 32.5. The number of hydrogen-bond acceptors (Lipinski definition) is 5. The molecule has 1 aromatic heterocycles. The van der Waals surface area contributed by atoms with Crippen molar-refractivity contribution in [2.75, 3.05) is 24.7 Å². The van der Waals surface area contributed by atoms with Gasteiger partial charge >= 0.3 is 0 Å². The van der Waals surface area contributed by atoms with E-state index in [1.807, 2.05) is 18.7 Å². The molecule has 2 fully saturated rings. The Hall–Kier alpha value is -1.27. The number of halogens is 1. The fourth-order valence-electron chi connectivity index (χ4n) is 3.70. The van der Waals surface area contributed by atoms with Gasteiger partial charge in [0.1, 0.15) is 6.33 Å². The summed E-state index contributed by atoms with van der Waals surface area (Å²) in [5.74, 6) is 0.0205. The maximum atomic E-state index is 14.6. The summed E-state index contributed by atoms with van der Waals surface area (Å²) < 4.78 is 20.2. The van der Waals surface area contributed by atoms with E-state index in [1.54, 1.807) is 0 Å². The molecule has 3 heterocycles. The molecular formula is C16H24FN3O2. The van der Waals surface area contributed by atoms with E-state index >= 15 is 0 Å². The highest BCUT2D eigenvalue weighted by Crippen LogP contribution is 2.38. The van der Waals surface area contributed by atoms with Crippen LogP contribution < -0.4 is 4.90 Å². The van der Waals surface area contributed by atoms with Gasteiger partial charge in [-0.25, -0.2) is 14.4 Å². The zero-order valence-electron chi connectivity index (χ0n) is 13.3. The number of aromatic nitrogens is 2. The molecule has 122 valence electrons. The average molecular weight is 309 g/mol. The highest BCUT2D eigenvalue weighted by Gasteiger charge is 2.45. The van der Waals surface area contributed by atoms with E-state index in [1.165, 1.54) is 6.33 Å². The molecular weight excluding hydrogens is 285 g/mol. The van der Waals surface area contributed by atoms with E-state index in [0.717, 1.165) is 19.4 Å². The minimum absolute atomic E-state index is 0.0248. The quantitative estimate of drug-likeness (QED) is 0.924. The van der Waals surface area contributed by atoms with Crippen molar-refractivity contribution < 1.29 is 14.2 Å². The third-order valence-electron chi connectivity index (χ3n) is 5.06. The predicted octanol–water partition coefficient (Wildman–Crippen LogP) is 1.93. The van der Waals surface area contributed by atoms with Crippen molar-refractivity contribution >= 4 is 5.82 Å². The third kappa shape index (κ3) is 2.70. The predicted molar refractivity (Wildman–Crippen MR) is 81.3 cm³/mol. The van der Waals surface area contributed by atoms with Crippen LogP contribution in [0.1, 0.15) is 38.8 Å². The van der Waals surface area contributed by atoms with Gasteiger partial charge in [-0.05, 0) is 32.6 Å². The molecule has 0 spiro atoms. The number of hydrogen-bond donors (Lipinski definition) is 1. The van der Waals surface area contributed by atoms with E-state index in [4.69, 9.17) is 4.74 Å². The van der Waals surface area contributed by atoms with Gasteiger partial charge in [-0.3, -0.25) is 0 Å². The van der Waals surface area contributed by atoms with Crippen molar-refractivity contribution in [3.8, 4) is 0 Å². The lowest BCUT2D eigenvalue weighted by molar-refractivity contribution is -0.108. The van der Waals surface area contributed by atoms with Crippen LogP contribution in [0, 0.1) is 11.7 Å². The molecule has 3 atom stereocenters. The van der Waals surface area contributed by atoms with Crippen LogP contribution in [0.25, 0.3) is 0 Å². The molecule has 5 nitrogen and oxygen atoms in total. The van der Waals surface area contributed by atoms with Crippen LogP contribution in [0.2, 0.25) is 0 Å². The fraction of sp³-hybridized carbons (Fsp3) is 0.750. The van der Waals surface area contributed by atoms with Gasteiger partial charge in [0.25, 0.3) is 0 Å². The zero-order chi connectivity index (χ0) is 15.7. The van der Waals surface area contributed by atoms with Gasteiger partial charge < -0.3 is 14.7 Å². The molecule has 3 rings (SSSR count). The number of ether oxygens (including phenoxy) is 1. The number of aliphatic hydroxyl groups is 1. The maximum absolute atomic E-state index is 14.6. The monoisotopic (exact) mass is 309 g/mol. The molecule has 2 saturated heterocycles. The molecule has 0 aliphatic carbocycles. The van der Waals surface area contributed by atoms with Crippen LogP contribution in [0.15, 0.2) is 6.33 Å². The molecule has 0 radical (unpaired) electrons. The molecule has 22 heavy (non-hydrogen) atoms. The Morgan fingerprint density at radius 2 is 2.32 bits per heavy atom. The average Bonchev–Trinajstić information content (AvgIpc) is 2.96. The molecule has 0 amide bonds. The van der Waals surface area contributed by atoms with Crippen molar-refractivity contribution in [3.63, 3.8) is 0 Å².